The molecule has 0 radical (unpaired) electrons. The highest BCUT2D eigenvalue weighted by atomic mass is 32.2. The summed E-state index contributed by atoms with van der Waals surface area (Å²) >= 11 is 0. The Morgan fingerprint density at radius 3 is 2.83 bits per heavy atom. The Labute approximate surface area is 106 Å². The molecule has 0 aliphatic heterocycles. The van der Waals surface area contributed by atoms with Crippen LogP contribution in [-0.4, -0.2) is 26.0 Å². The van der Waals surface area contributed by atoms with E-state index in [2.05, 4.69) is 9.71 Å². The van der Waals surface area contributed by atoms with E-state index in [-0.39, 0.29) is 17.5 Å². The van der Waals surface area contributed by atoms with Gasteiger partial charge < -0.3 is 5.73 Å². The molecule has 1 aromatic carbocycles. The molecule has 5 nitrogen and oxygen atoms in total. The van der Waals surface area contributed by atoms with Crippen LogP contribution in [0.25, 0.3) is 10.9 Å². The van der Waals surface area contributed by atoms with Gasteiger partial charge in [0.15, 0.2) is 0 Å². The van der Waals surface area contributed by atoms with Gasteiger partial charge in [-0.2, -0.15) is 0 Å². The molecule has 0 saturated carbocycles. The van der Waals surface area contributed by atoms with Gasteiger partial charge in [-0.1, -0.05) is 6.07 Å². The summed E-state index contributed by atoms with van der Waals surface area (Å²) in [6.07, 6.45) is 1.63. The van der Waals surface area contributed by atoms with Crippen molar-refractivity contribution in [3.05, 3.63) is 36.5 Å². The van der Waals surface area contributed by atoms with Crippen LogP contribution in [0.2, 0.25) is 0 Å². The number of rotatable bonds is 4. The molecule has 1 heterocycles. The fourth-order valence-corrected chi connectivity index (χ4v) is 3.16. The zero-order valence-corrected chi connectivity index (χ0v) is 10.8. The lowest BCUT2D eigenvalue weighted by molar-refractivity contribution is 0.563. The van der Waals surface area contributed by atoms with Crippen molar-refractivity contribution < 1.29 is 8.42 Å². The molecule has 1 aromatic heterocycles. The van der Waals surface area contributed by atoms with E-state index in [1.54, 1.807) is 43.5 Å². The second-order valence-corrected chi connectivity index (χ2v) is 5.77. The predicted octanol–water partition coefficient (Wildman–Crippen LogP) is 0.860. The highest BCUT2D eigenvalue weighted by Crippen LogP contribution is 2.21. The summed E-state index contributed by atoms with van der Waals surface area (Å²) in [6, 6.07) is 8.17. The number of benzene rings is 1. The van der Waals surface area contributed by atoms with Crippen LogP contribution in [0.5, 0.6) is 0 Å². The van der Waals surface area contributed by atoms with Gasteiger partial charge in [0.05, 0.1) is 10.4 Å². The molecule has 0 saturated heterocycles. The van der Waals surface area contributed by atoms with E-state index in [0.29, 0.717) is 10.9 Å². The standard InChI is InChI=1S/C12H15N3O2S/c1-9(8-13)15-18(16,17)12-6-2-5-11-10(12)4-3-7-14-11/h2-7,9,15H,8,13H2,1H3. The minimum atomic E-state index is -3.57. The van der Waals surface area contributed by atoms with Crippen LogP contribution in [-0.2, 0) is 10.0 Å². The molecule has 2 rings (SSSR count). The van der Waals surface area contributed by atoms with E-state index in [1.807, 2.05) is 0 Å². The first-order chi connectivity index (χ1) is 8.54. The quantitative estimate of drug-likeness (QED) is 0.858. The molecule has 1 atom stereocenters. The predicted molar refractivity (Wildman–Crippen MR) is 70.6 cm³/mol. The van der Waals surface area contributed by atoms with Crippen molar-refractivity contribution in [3.63, 3.8) is 0 Å². The SMILES string of the molecule is CC(CN)NS(=O)(=O)c1cccc2ncccc12. The van der Waals surface area contributed by atoms with Crippen LogP contribution in [0.15, 0.2) is 41.4 Å². The van der Waals surface area contributed by atoms with Gasteiger partial charge in [-0.05, 0) is 31.2 Å². The summed E-state index contributed by atoms with van der Waals surface area (Å²) in [7, 11) is -3.57. The van der Waals surface area contributed by atoms with E-state index in [0.717, 1.165) is 0 Å². The van der Waals surface area contributed by atoms with Crippen LogP contribution in [0.3, 0.4) is 0 Å². The van der Waals surface area contributed by atoms with Crippen molar-refractivity contribution in [1.29, 1.82) is 0 Å². The van der Waals surface area contributed by atoms with E-state index in [4.69, 9.17) is 5.73 Å². The summed E-state index contributed by atoms with van der Waals surface area (Å²) in [6.45, 7) is 1.98. The lowest BCUT2D eigenvalue weighted by Gasteiger charge is -2.13. The normalized spacial score (nSPS) is 13.7. The fraction of sp³-hybridized carbons (Fsp3) is 0.250. The zero-order valence-electron chi connectivity index (χ0n) is 10.00. The maximum absolute atomic E-state index is 12.2. The number of hydrogen-bond acceptors (Lipinski definition) is 4. The lowest BCUT2D eigenvalue weighted by atomic mass is 10.2. The van der Waals surface area contributed by atoms with Crippen molar-refractivity contribution in [2.75, 3.05) is 6.54 Å². The number of fused-ring (bicyclic) bond motifs is 1. The van der Waals surface area contributed by atoms with Gasteiger partial charge in [0.1, 0.15) is 0 Å². The largest absolute Gasteiger partial charge is 0.329 e. The number of aromatic nitrogens is 1. The first-order valence-electron chi connectivity index (χ1n) is 5.61. The summed E-state index contributed by atoms with van der Waals surface area (Å²) in [5, 5.41) is 0.608. The van der Waals surface area contributed by atoms with Crippen LogP contribution >= 0.6 is 0 Å². The van der Waals surface area contributed by atoms with Gasteiger partial charge in [0.2, 0.25) is 10.0 Å². The first kappa shape index (κ1) is 12.9. The molecular weight excluding hydrogens is 250 g/mol. The van der Waals surface area contributed by atoms with E-state index < -0.39 is 10.0 Å². The summed E-state index contributed by atoms with van der Waals surface area (Å²) in [4.78, 5) is 4.37. The minimum absolute atomic E-state index is 0.230. The van der Waals surface area contributed by atoms with Crippen LogP contribution < -0.4 is 10.5 Å². The molecule has 0 bridgehead atoms. The Bertz CT molecular complexity index is 650. The Morgan fingerprint density at radius 2 is 2.11 bits per heavy atom. The molecule has 0 fully saturated rings. The van der Waals surface area contributed by atoms with Gasteiger partial charge in [0, 0.05) is 24.2 Å². The second kappa shape index (κ2) is 5.01. The molecule has 18 heavy (non-hydrogen) atoms. The summed E-state index contributed by atoms with van der Waals surface area (Å²) < 4.78 is 27.0. The van der Waals surface area contributed by atoms with E-state index in [9.17, 15) is 8.42 Å². The molecule has 0 spiro atoms. The number of hydrogen-bond donors (Lipinski definition) is 2. The topological polar surface area (TPSA) is 85.1 Å². The zero-order chi connectivity index (χ0) is 13.2. The smallest absolute Gasteiger partial charge is 0.241 e. The average Bonchev–Trinajstić information content (AvgIpc) is 2.37. The molecular formula is C12H15N3O2S. The summed E-state index contributed by atoms with van der Waals surface area (Å²) in [5.41, 5.74) is 6.08. The molecule has 6 heteroatoms. The summed E-state index contributed by atoms with van der Waals surface area (Å²) in [5.74, 6) is 0. The van der Waals surface area contributed by atoms with Gasteiger partial charge in [-0.3, -0.25) is 4.98 Å². The number of nitrogens with two attached hydrogens (primary N) is 1. The third-order valence-corrected chi connectivity index (χ3v) is 4.25. The number of sulfonamides is 1. The van der Waals surface area contributed by atoms with Gasteiger partial charge >= 0.3 is 0 Å². The molecule has 1 unspecified atom stereocenters. The Kier molecular flexibility index (Phi) is 3.60. The Balaban J connectivity index is 2.54. The third kappa shape index (κ3) is 2.50. The Hall–Kier alpha value is -1.50. The highest BCUT2D eigenvalue weighted by molar-refractivity contribution is 7.89. The maximum atomic E-state index is 12.2. The minimum Gasteiger partial charge on any atom is -0.329 e. The van der Waals surface area contributed by atoms with Gasteiger partial charge in [0.25, 0.3) is 0 Å². The third-order valence-electron chi connectivity index (χ3n) is 2.61. The monoisotopic (exact) mass is 265 g/mol. The molecule has 0 aliphatic carbocycles. The number of nitrogens with one attached hydrogen (secondary N) is 1. The lowest BCUT2D eigenvalue weighted by Crippen LogP contribution is -2.37. The van der Waals surface area contributed by atoms with Gasteiger partial charge in [-0.15, -0.1) is 0 Å². The molecule has 2 aromatic rings. The molecule has 96 valence electrons. The van der Waals surface area contributed by atoms with Crippen molar-refractivity contribution in [1.82, 2.24) is 9.71 Å². The molecule has 3 N–H and O–H groups in total. The van der Waals surface area contributed by atoms with Crippen LogP contribution in [0, 0.1) is 0 Å². The van der Waals surface area contributed by atoms with Gasteiger partial charge in [-0.25, -0.2) is 13.1 Å². The highest BCUT2D eigenvalue weighted by Gasteiger charge is 2.19. The van der Waals surface area contributed by atoms with E-state index in [1.165, 1.54) is 0 Å². The van der Waals surface area contributed by atoms with Crippen molar-refractivity contribution in [3.8, 4) is 0 Å². The first-order valence-corrected chi connectivity index (χ1v) is 7.09. The second-order valence-electron chi connectivity index (χ2n) is 4.08. The molecule has 0 amide bonds. The number of pyridine rings is 1. The fourth-order valence-electron chi connectivity index (χ4n) is 1.69. The van der Waals surface area contributed by atoms with Crippen LogP contribution in [0.4, 0.5) is 0 Å². The van der Waals surface area contributed by atoms with E-state index >= 15 is 0 Å². The van der Waals surface area contributed by atoms with Crippen LogP contribution in [0.1, 0.15) is 6.92 Å². The maximum Gasteiger partial charge on any atom is 0.241 e. The number of nitrogens with zero attached hydrogens (tertiary/aromatic N) is 1. The van der Waals surface area contributed by atoms with Crippen molar-refractivity contribution in [2.24, 2.45) is 5.73 Å². The van der Waals surface area contributed by atoms with Crippen molar-refractivity contribution >= 4 is 20.9 Å². The Morgan fingerprint density at radius 1 is 1.33 bits per heavy atom. The van der Waals surface area contributed by atoms with Crippen molar-refractivity contribution in [2.45, 2.75) is 17.9 Å². The molecule has 0 aliphatic rings. The average molecular weight is 265 g/mol.